The van der Waals surface area contributed by atoms with Crippen LogP contribution in [0.3, 0.4) is 0 Å². The van der Waals surface area contributed by atoms with Crippen LogP contribution in [-0.4, -0.2) is 48.1 Å². The number of ether oxygens (including phenoxy) is 1. The second kappa shape index (κ2) is 11.8. The van der Waals surface area contributed by atoms with Gasteiger partial charge in [-0.05, 0) is 68.8 Å². The molecule has 160 valence electrons. The van der Waals surface area contributed by atoms with E-state index in [-0.39, 0.29) is 18.3 Å². The Bertz CT molecular complexity index is 899. The number of anilines is 1. The molecule has 2 rings (SSSR count). The normalized spacial score (nSPS) is 10.4. The number of nitrogens with zero attached hydrogens (tertiary/aromatic N) is 1. The number of hydrogen-bond donors (Lipinski definition) is 1. The summed E-state index contributed by atoms with van der Waals surface area (Å²) in [4.78, 5) is 38.9. The summed E-state index contributed by atoms with van der Waals surface area (Å²) in [7, 11) is 0. The van der Waals surface area contributed by atoms with Crippen LogP contribution in [0.5, 0.6) is 0 Å². The molecule has 0 aliphatic rings. The molecule has 0 aromatic heterocycles. The maximum absolute atomic E-state index is 12.3. The highest BCUT2D eigenvalue weighted by Gasteiger charge is 2.13. The van der Waals surface area contributed by atoms with E-state index in [2.05, 4.69) is 21.2 Å². The lowest BCUT2D eigenvalue weighted by atomic mass is 10.2. The van der Waals surface area contributed by atoms with Gasteiger partial charge in [0.05, 0.1) is 5.75 Å². The fourth-order valence-corrected chi connectivity index (χ4v) is 3.97. The molecular weight excluding hydrogens is 468 g/mol. The monoisotopic (exact) mass is 492 g/mol. The van der Waals surface area contributed by atoms with Crippen molar-refractivity contribution >= 4 is 51.2 Å². The highest BCUT2D eigenvalue weighted by Crippen LogP contribution is 2.25. The number of hydrogen-bond acceptors (Lipinski definition) is 5. The lowest BCUT2D eigenvalue weighted by Gasteiger charge is -2.18. The van der Waals surface area contributed by atoms with Gasteiger partial charge < -0.3 is 15.0 Å². The maximum atomic E-state index is 12.3. The first-order chi connectivity index (χ1) is 14.3. The molecule has 0 heterocycles. The number of rotatable bonds is 9. The lowest BCUT2D eigenvalue weighted by molar-refractivity contribution is -0.144. The average Bonchev–Trinajstić information content (AvgIpc) is 2.73. The number of carbonyl (C=O) groups is 3. The summed E-state index contributed by atoms with van der Waals surface area (Å²) in [6, 6.07) is 12.5. The van der Waals surface area contributed by atoms with Crippen molar-refractivity contribution in [1.82, 2.24) is 4.90 Å². The summed E-state index contributed by atoms with van der Waals surface area (Å²) in [6.07, 6.45) is 0. The van der Waals surface area contributed by atoms with E-state index in [9.17, 15) is 14.4 Å². The summed E-state index contributed by atoms with van der Waals surface area (Å²) in [5.74, 6) is -0.822. The van der Waals surface area contributed by atoms with E-state index < -0.39 is 11.9 Å². The average molecular weight is 493 g/mol. The minimum atomic E-state index is -0.461. The van der Waals surface area contributed by atoms with Crippen molar-refractivity contribution in [3.63, 3.8) is 0 Å². The molecule has 0 bridgehead atoms. The van der Waals surface area contributed by atoms with E-state index in [1.54, 1.807) is 29.2 Å². The van der Waals surface area contributed by atoms with Crippen LogP contribution in [0.2, 0.25) is 0 Å². The molecule has 0 saturated heterocycles. The molecule has 0 aliphatic carbocycles. The topological polar surface area (TPSA) is 75.7 Å². The number of halogens is 1. The zero-order valence-electron chi connectivity index (χ0n) is 17.2. The quantitative estimate of drug-likeness (QED) is 0.411. The molecule has 30 heavy (non-hydrogen) atoms. The van der Waals surface area contributed by atoms with Gasteiger partial charge in [-0.25, -0.2) is 0 Å². The van der Waals surface area contributed by atoms with Crippen molar-refractivity contribution in [2.45, 2.75) is 25.7 Å². The third-order valence-electron chi connectivity index (χ3n) is 4.31. The van der Waals surface area contributed by atoms with Crippen LogP contribution >= 0.6 is 27.7 Å². The van der Waals surface area contributed by atoms with Crippen molar-refractivity contribution < 1.29 is 19.1 Å². The van der Waals surface area contributed by atoms with Crippen LogP contribution in [0, 0.1) is 6.92 Å². The van der Waals surface area contributed by atoms with Crippen molar-refractivity contribution in [2.24, 2.45) is 0 Å². The van der Waals surface area contributed by atoms with Gasteiger partial charge in [0.15, 0.2) is 6.61 Å². The summed E-state index contributed by atoms with van der Waals surface area (Å²) in [6.45, 7) is 6.73. The van der Waals surface area contributed by atoms with Crippen LogP contribution < -0.4 is 5.32 Å². The van der Waals surface area contributed by atoms with Crippen LogP contribution in [0.1, 0.15) is 29.8 Å². The summed E-state index contributed by atoms with van der Waals surface area (Å²) < 4.78 is 6.02. The lowest BCUT2D eigenvalue weighted by Crippen LogP contribution is -2.30. The SMILES string of the molecule is CCN(CC)C(=O)c1ccc(NC(=O)COC(=O)CSc2ccc(Br)cc2C)cc1. The number of esters is 1. The molecule has 2 aromatic rings. The van der Waals surface area contributed by atoms with E-state index in [1.165, 1.54) is 11.8 Å². The van der Waals surface area contributed by atoms with E-state index in [4.69, 9.17) is 4.74 Å². The van der Waals surface area contributed by atoms with Gasteiger partial charge in [-0.15, -0.1) is 11.8 Å². The molecule has 0 saturated carbocycles. The van der Waals surface area contributed by atoms with E-state index >= 15 is 0 Å². The molecule has 0 unspecified atom stereocenters. The zero-order chi connectivity index (χ0) is 22.1. The number of carbonyl (C=O) groups excluding carboxylic acids is 3. The number of aryl methyl sites for hydroxylation is 1. The van der Waals surface area contributed by atoms with Crippen LogP contribution in [0.25, 0.3) is 0 Å². The minimum absolute atomic E-state index is 0.0506. The molecule has 0 aliphatic heterocycles. The Balaban J connectivity index is 1.78. The van der Waals surface area contributed by atoms with Crippen molar-refractivity contribution in [1.29, 1.82) is 0 Å². The third-order valence-corrected chi connectivity index (χ3v) is 5.96. The van der Waals surface area contributed by atoms with E-state index in [1.807, 2.05) is 39.0 Å². The fraction of sp³-hybridized carbons (Fsp3) is 0.318. The Kier molecular flexibility index (Phi) is 9.39. The first kappa shape index (κ1) is 24.0. The molecule has 6 nitrogen and oxygen atoms in total. The molecule has 1 N–H and O–H groups in total. The van der Waals surface area contributed by atoms with Gasteiger partial charge in [-0.2, -0.15) is 0 Å². The van der Waals surface area contributed by atoms with Gasteiger partial charge in [0.25, 0.3) is 11.8 Å². The predicted molar refractivity (Wildman–Crippen MR) is 123 cm³/mol. The first-order valence-corrected chi connectivity index (χ1v) is 11.4. The summed E-state index contributed by atoms with van der Waals surface area (Å²) >= 11 is 4.77. The molecule has 2 aromatic carbocycles. The third kappa shape index (κ3) is 7.18. The molecule has 2 amide bonds. The van der Waals surface area contributed by atoms with Crippen molar-refractivity contribution in [3.05, 3.63) is 58.1 Å². The molecule has 0 radical (unpaired) electrons. The minimum Gasteiger partial charge on any atom is -0.455 e. The van der Waals surface area contributed by atoms with Crippen LogP contribution in [-0.2, 0) is 14.3 Å². The van der Waals surface area contributed by atoms with Gasteiger partial charge in [-0.1, -0.05) is 15.9 Å². The zero-order valence-corrected chi connectivity index (χ0v) is 19.6. The Hall–Kier alpha value is -2.32. The van der Waals surface area contributed by atoms with Crippen LogP contribution in [0.15, 0.2) is 51.8 Å². The van der Waals surface area contributed by atoms with Crippen molar-refractivity contribution in [3.8, 4) is 0 Å². The smallest absolute Gasteiger partial charge is 0.316 e. The van der Waals surface area contributed by atoms with E-state index in [0.717, 1.165) is 14.9 Å². The Morgan fingerprint density at radius 2 is 1.73 bits per heavy atom. The highest BCUT2D eigenvalue weighted by molar-refractivity contribution is 9.10. The molecule has 0 atom stereocenters. The van der Waals surface area contributed by atoms with Gasteiger partial charge in [0.2, 0.25) is 0 Å². The fourth-order valence-electron chi connectivity index (χ4n) is 2.69. The van der Waals surface area contributed by atoms with Gasteiger partial charge in [-0.3, -0.25) is 14.4 Å². The van der Waals surface area contributed by atoms with Gasteiger partial charge in [0, 0.05) is 33.7 Å². The summed E-state index contributed by atoms with van der Waals surface area (Å²) in [5, 5.41) is 2.66. The molecule has 0 fully saturated rings. The number of benzene rings is 2. The van der Waals surface area contributed by atoms with E-state index in [0.29, 0.717) is 24.3 Å². The largest absolute Gasteiger partial charge is 0.455 e. The predicted octanol–water partition coefficient (Wildman–Crippen LogP) is 4.51. The Morgan fingerprint density at radius 1 is 1.07 bits per heavy atom. The Labute approximate surface area is 189 Å². The highest BCUT2D eigenvalue weighted by atomic mass is 79.9. The second-order valence-electron chi connectivity index (χ2n) is 6.46. The first-order valence-electron chi connectivity index (χ1n) is 9.57. The van der Waals surface area contributed by atoms with Crippen LogP contribution in [0.4, 0.5) is 5.69 Å². The standard InChI is InChI=1S/C22H25BrN2O4S/c1-4-25(5-2)22(28)16-6-9-18(10-7-16)24-20(26)13-29-21(27)14-30-19-11-8-17(23)12-15(19)3/h6-12H,4-5,13-14H2,1-3H3,(H,24,26). The van der Waals surface area contributed by atoms with Crippen molar-refractivity contribution in [2.75, 3.05) is 30.8 Å². The summed E-state index contributed by atoms with van der Waals surface area (Å²) in [5.41, 5.74) is 2.15. The number of nitrogens with one attached hydrogen (secondary N) is 1. The van der Waals surface area contributed by atoms with Gasteiger partial charge >= 0.3 is 5.97 Å². The number of thioether (sulfide) groups is 1. The molecule has 0 spiro atoms. The maximum Gasteiger partial charge on any atom is 0.316 e. The molecule has 8 heteroatoms. The molecular formula is C22H25BrN2O4S. The number of amides is 2. The second-order valence-corrected chi connectivity index (χ2v) is 8.39. The van der Waals surface area contributed by atoms with Gasteiger partial charge in [0.1, 0.15) is 0 Å². The Morgan fingerprint density at radius 3 is 2.33 bits per heavy atom.